The van der Waals surface area contributed by atoms with Crippen molar-refractivity contribution >= 4 is 35.0 Å². The lowest BCUT2D eigenvalue weighted by Crippen LogP contribution is -2.22. The van der Waals surface area contributed by atoms with Gasteiger partial charge in [-0.1, -0.05) is 6.07 Å². The van der Waals surface area contributed by atoms with Crippen LogP contribution in [-0.2, 0) is 20.9 Å². The number of esters is 1. The number of benzene rings is 1. The van der Waals surface area contributed by atoms with Gasteiger partial charge >= 0.3 is 5.97 Å². The van der Waals surface area contributed by atoms with Crippen molar-refractivity contribution in [1.82, 2.24) is 9.38 Å². The van der Waals surface area contributed by atoms with Crippen LogP contribution in [0.3, 0.4) is 0 Å². The third kappa shape index (κ3) is 5.66. The first-order valence-corrected chi connectivity index (χ1v) is 10.2. The van der Waals surface area contributed by atoms with Crippen LogP contribution in [0.25, 0.3) is 5.65 Å². The number of amides is 1. The summed E-state index contributed by atoms with van der Waals surface area (Å²) in [5.41, 5.74) is 1.97. The molecule has 0 radical (unpaired) electrons. The van der Waals surface area contributed by atoms with Crippen LogP contribution < -0.4 is 10.9 Å². The Hall–Kier alpha value is -3.20. The molecule has 1 N–H and O–H groups in total. The standard InChI is InChI=1S/C21H20FN3O4S/c1-13-3-8-18-23-17(9-20(27)25(18)10-13)11-29-21(28)14(2)30-12-19(26)24-16-6-4-15(22)5-7-16/h3-10,14H,11-12H2,1-2H3,(H,24,26). The first kappa shape index (κ1) is 21.5. The molecule has 0 aliphatic carbocycles. The van der Waals surface area contributed by atoms with Gasteiger partial charge in [-0.2, -0.15) is 0 Å². The molecule has 2 heterocycles. The number of carbonyl (C=O) groups excluding carboxylic acids is 2. The maximum absolute atomic E-state index is 12.9. The molecule has 1 amide bonds. The summed E-state index contributed by atoms with van der Waals surface area (Å²) in [6, 6.07) is 10.3. The number of anilines is 1. The summed E-state index contributed by atoms with van der Waals surface area (Å²) in [6.45, 7) is 3.37. The zero-order valence-corrected chi connectivity index (χ0v) is 17.2. The molecule has 0 fully saturated rings. The number of ether oxygens (including phenoxy) is 1. The maximum atomic E-state index is 12.9. The molecule has 3 rings (SSSR count). The van der Waals surface area contributed by atoms with Crippen molar-refractivity contribution in [2.45, 2.75) is 25.7 Å². The molecule has 7 nitrogen and oxygen atoms in total. The third-order valence-electron chi connectivity index (χ3n) is 4.15. The van der Waals surface area contributed by atoms with Gasteiger partial charge in [0.25, 0.3) is 5.56 Å². The van der Waals surface area contributed by atoms with E-state index in [9.17, 15) is 18.8 Å². The maximum Gasteiger partial charge on any atom is 0.319 e. The van der Waals surface area contributed by atoms with E-state index >= 15 is 0 Å². The second-order valence-electron chi connectivity index (χ2n) is 6.64. The fraction of sp³-hybridized carbons (Fsp3) is 0.238. The van der Waals surface area contributed by atoms with Crippen molar-refractivity contribution in [1.29, 1.82) is 0 Å². The summed E-state index contributed by atoms with van der Waals surface area (Å²) in [4.78, 5) is 40.7. The zero-order valence-electron chi connectivity index (χ0n) is 16.4. The summed E-state index contributed by atoms with van der Waals surface area (Å²) in [5, 5.41) is 2.03. The number of hydrogen-bond acceptors (Lipinski definition) is 6. The number of halogens is 1. The molecule has 9 heteroatoms. The van der Waals surface area contributed by atoms with Crippen LogP contribution >= 0.6 is 11.8 Å². The predicted molar refractivity (Wildman–Crippen MR) is 113 cm³/mol. The molecule has 0 aliphatic heterocycles. The van der Waals surface area contributed by atoms with Crippen molar-refractivity contribution in [3.05, 3.63) is 76.1 Å². The van der Waals surface area contributed by atoms with E-state index in [1.54, 1.807) is 19.2 Å². The third-order valence-corrected chi connectivity index (χ3v) is 5.27. The van der Waals surface area contributed by atoms with Crippen LogP contribution in [0.4, 0.5) is 10.1 Å². The molecule has 2 aromatic heterocycles. The lowest BCUT2D eigenvalue weighted by molar-refractivity contribution is -0.144. The largest absolute Gasteiger partial charge is 0.458 e. The van der Waals surface area contributed by atoms with E-state index < -0.39 is 17.0 Å². The molecule has 0 aliphatic rings. The minimum atomic E-state index is -0.590. The fourth-order valence-corrected chi connectivity index (χ4v) is 3.27. The second-order valence-corrected chi connectivity index (χ2v) is 7.97. The zero-order chi connectivity index (χ0) is 21.7. The first-order valence-electron chi connectivity index (χ1n) is 9.14. The number of aryl methyl sites for hydroxylation is 1. The number of nitrogens with one attached hydrogen (secondary N) is 1. The molecule has 1 atom stereocenters. The first-order chi connectivity index (χ1) is 14.3. The topological polar surface area (TPSA) is 89.8 Å². The summed E-state index contributed by atoms with van der Waals surface area (Å²) >= 11 is 1.11. The van der Waals surface area contributed by atoms with Gasteiger partial charge in [-0.3, -0.25) is 18.8 Å². The number of pyridine rings is 1. The number of aromatic nitrogens is 2. The molecule has 30 heavy (non-hydrogen) atoms. The minimum absolute atomic E-state index is 0.0303. The molecular formula is C21H20FN3O4S. The van der Waals surface area contributed by atoms with Gasteiger partial charge in [0.05, 0.1) is 11.4 Å². The molecule has 0 bridgehead atoms. The minimum Gasteiger partial charge on any atom is -0.458 e. The monoisotopic (exact) mass is 429 g/mol. The SMILES string of the molecule is Cc1ccc2nc(COC(=O)C(C)SCC(=O)Nc3ccc(F)cc3)cc(=O)n2c1. The Labute approximate surface area is 176 Å². The van der Waals surface area contributed by atoms with Crippen molar-refractivity contribution in [2.24, 2.45) is 0 Å². The molecule has 0 saturated heterocycles. The highest BCUT2D eigenvalue weighted by atomic mass is 32.2. The second kappa shape index (κ2) is 9.53. The van der Waals surface area contributed by atoms with E-state index in [0.29, 0.717) is 17.0 Å². The Kier molecular flexibility index (Phi) is 6.83. The molecule has 0 saturated carbocycles. The van der Waals surface area contributed by atoms with E-state index in [0.717, 1.165) is 17.3 Å². The predicted octanol–water partition coefficient (Wildman–Crippen LogP) is 2.95. The highest BCUT2D eigenvalue weighted by Gasteiger charge is 2.17. The lowest BCUT2D eigenvalue weighted by atomic mass is 10.3. The highest BCUT2D eigenvalue weighted by Crippen LogP contribution is 2.15. The molecule has 0 spiro atoms. The Morgan fingerprint density at radius 3 is 2.70 bits per heavy atom. The van der Waals surface area contributed by atoms with E-state index in [1.807, 2.05) is 13.0 Å². The van der Waals surface area contributed by atoms with Crippen LogP contribution in [0.2, 0.25) is 0 Å². The van der Waals surface area contributed by atoms with Crippen molar-refractivity contribution in [3.8, 4) is 0 Å². The van der Waals surface area contributed by atoms with E-state index in [-0.39, 0.29) is 23.8 Å². The van der Waals surface area contributed by atoms with Crippen molar-refractivity contribution < 1.29 is 18.7 Å². The van der Waals surface area contributed by atoms with Crippen LogP contribution in [0.15, 0.2) is 53.5 Å². The number of fused-ring (bicyclic) bond motifs is 1. The number of nitrogens with zero attached hydrogens (tertiary/aromatic N) is 2. The molecule has 156 valence electrons. The van der Waals surface area contributed by atoms with E-state index in [1.165, 1.54) is 34.7 Å². The number of hydrogen-bond donors (Lipinski definition) is 1. The van der Waals surface area contributed by atoms with Gasteiger partial charge < -0.3 is 10.1 Å². The summed E-state index contributed by atoms with van der Waals surface area (Å²) in [7, 11) is 0. The highest BCUT2D eigenvalue weighted by molar-refractivity contribution is 8.01. The fourth-order valence-electron chi connectivity index (χ4n) is 2.59. The average Bonchev–Trinajstić information content (AvgIpc) is 2.72. The van der Waals surface area contributed by atoms with E-state index in [2.05, 4.69) is 10.3 Å². The number of rotatable bonds is 7. The average molecular weight is 429 g/mol. The van der Waals surface area contributed by atoms with Crippen LogP contribution in [0.5, 0.6) is 0 Å². The van der Waals surface area contributed by atoms with Gasteiger partial charge in [-0.05, 0) is 49.7 Å². The number of thioether (sulfide) groups is 1. The van der Waals surface area contributed by atoms with Crippen molar-refractivity contribution in [3.63, 3.8) is 0 Å². The quantitative estimate of drug-likeness (QED) is 0.581. The van der Waals surface area contributed by atoms with Gasteiger partial charge in [-0.15, -0.1) is 11.8 Å². The summed E-state index contributed by atoms with van der Waals surface area (Å²) in [6.07, 6.45) is 1.69. The normalized spacial score (nSPS) is 11.8. The summed E-state index contributed by atoms with van der Waals surface area (Å²) in [5.74, 6) is -1.19. The smallest absolute Gasteiger partial charge is 0.319 e. The summed E-state index contributed by atoms with van der Waals surface area (Å²) < 4.78 is 19.6. The van der Waals surface area contributed by atoms with Crippen LogP contribution in [-0.4, -0.2) is 32.3 Å². The van der Waals surface area contributed by atoms with Gasteiger partial charge in [0, 0.05) is 18.0 Å². The van der Waals surface area contributed by atoms with Gasteiger partial charge in [0.2, 0.25) is 5.91 Å². The number of carbonyl (C=O) groups is 2. The molecular weight excluding hydrogens is 409 g/mol. The molecule has 1 unspecified atom stereocenters. The van der Waals surface area contributed by atoms with Gasteiger partial charge in [0.15, 0.2) is 0 Å². The van der Waals surface area contributed by atoms with Crippen LogP contribution in [0.1, 0.15) is 18.2 Å². The Morgan fingerprint density at radius 2 is 1.97 bits per heavy atom. The molecule has 3 aromatic rings. The van der Waals surface area contributed by atoms with Gasteiger partial charge in [-0.25, -0.2) is 9.37 Å². The van der Waals surface area contributed by atoms with Crippen LogP contribution in [0, 0.1) is 12.7 Å². The Bertz CT molecular complexity index is 1130. The molecule has 1 aromatic carbocycles. The van der Waals surface area contributed by atoms with Crippen molar-refractivity contribution in [2.75, 3.05) is 11.1 Å². The Morgan fingerprint density at radius 1 is 1.23 bits per heavy atom. The van der Waals surface area contributed by atoms with E-state index in [4.69, 9.17) is 4.74 Å². The lowest BCUT2D eigenvalue weighted by Gasteiger charge is -2.11. The van der Waals surface area contributed by atoms with Gasteiger partial charge in [0.1, 0.15) is 23.3 Å². The Balaban J connectivity index is 1.50.